The first kappa shape index (κ1) is 22.5. The van der Waals surface area contributed by atoms with Gasteiger partial charge in [0.25, 0.3) is 0 Å². The average molecular weight is 469 g/mol. The van der Waals surface area contributed by atoms with Crippen LogP contribution in [0.15, 0.2) is 60.7 Å². The molecular formula is C21H24N8O3S. The minimum Gasteiger partial charge on any atom is -0.387 e. The Bertz CT molecular complexity index is 1340. The second kappa shape index (κ2) is 9.40. The summed E-state index contributed by atoms with van der Waals surface area (Å²) in [6, 6.07) is 17.8. The summed E-state index contributed by atoms with van der Waals surface area (Å²) in [5, 5.41) is 27.3. The lowest BCUT2D eigenvalue weighted by Crippen LogP contribution is -2.29. The van der Waals surface area contributed by atoms with Crippen molar-refractivity contribution >= 4 is 44.3 Å². The van der Waals surface area contributed by atoms with Gasteiger partial charge < -0.3 is 15.7 Å². The van der Waals surface area contributed by atoms with Crippen LogP contribution in [0.3, 0.4) is 0 Å². The van der Waals surface area contributed by atoms with Gasteiger partial charge in [0.05, 0.1) is 11.8 Å². The minimum atomic E-state index is -3.75. The van der Waals surface area contributed by atoms with E-state index in [1.807, 2.05) is 30.3 Å². The van der Waals surface area contributed by atoms with Crippen LogP contribution in [0.5, 0.6) is 0 Å². The van der Waals surface area contributed by atoms with Crippen LogP contribution in [-0.4, -0.2) is 58.9 Å². The smallest absolute Gasteiger partial charge is 0.301 e. The highest BCUT2D eigenvalue weighted by molar-refractivity contribution is 7.90. The predicted molar refractivity (Wildman–Crippen MR) is 128 cm³/mol. The van der Waals surface area contributed by atoms with Crippen molar-refractivity contribution < 1.29 is 13.5 Å². The summed E-state index contributed by atoms with van der Waals surface area (Å²) in [7, 11) is -0.885. The molecule has 11 nitrogen and oxygen atoms in total. The molecule has 12 heteroatoms. The Morgan fingerprint density at radius 2 is 1.79 bits per heavy atom. The van der Waals surface area contributed by atoms with Gasteiger partial charge in [-0.25, -0.2) is 4.98 Å². The number of anilines is 4. The zero-order valence-corrected chi connectivity index (χ0v) is 18.8. The molecule has 1 atom stereocenters. The summed E-state index contributed by atoms with van der Waals surface area (Å²) in [5.41, 5.74) is 3.04. The number of aromatic nitrogens is 4. The molecule has 1 unspecified atom stereocenters. The Labute approximate surface area is 191 Å². The molecule has 0 spiro atoms. The zero-order valence-electron chi connectivity index (χ0n) is 18.0. The van der Waals surface area contributed by atoms with Crippen molar-refractivity contribution in [1.82, 2.24) is 24.7 Å². The van der Waals surface area contributed by atoms with E-state index in [-0.39, 0.29) is 18.1 Å². The highest BCUT2D eigenvalue weighted by Gasteiger charge is 2.17. The van der Waals surface area contributed by atoms with Crippen LogP contribution < -0.4 is 15.4 Å². The van der Waals surface area contributed by atoms with Crippen molar-refractivity contribution in [3.05, 3.63) is 66.2 Å². The quantitative estimate of drug-likeness (QED) is 0.252. The number of aliphatic hydroxyl groups is 1. The molecule has 2 aromatic carbocycles. The fourth-order valence-electron chi connectivity index (χ4n) is 3.01. The van der Waals surface area contributed by atoms with Gasteiger partial charge in [-0.05, 0) is 35.9 Å². The summed E-state index contributed by atoms with van der Waals surface area (Å²) < 4.78 is 28.4. The molecule has 0 aliphatic heterocycles. The van der Waals surface area contributed by atoms with Crippen LogP contribution in [0.2, 0.25) is 0 Å². The molecule has 4 rings (SSSR count). The van der Waals surface area contributed by atoms with E-state index < -0.39 is 16.3 Å². The number of nitrogens with one attached hydrogen (secondary N) is 4. The molecular weight excluding hydrogens is 444 g/mol. The van der Waals surface area contributed by atoms with Crippen molar-refractivity contribution in [3.8, 4) is 0 Å². The Kier molecular flexibility index (Phi) is 6.40. The molecule has 33 heavy (non-hydrogen) atoms. The van der Waals surface area contributed by atoms with Crippen LogP contribution in [0, 0.1) is 0 Å². The van der Waals surface area contributed by atoms with Gasteiger partial charge >= 0.3 is 10.2 Å². The molecule has 0 aliphatic rings. The Morgan fingerprint density at radius 3 is 2.55 bits per heavy atom. The van der Waals surface area contributed by atoms with Gasteiger partial charge in [-0.1, -0.05) is 30.3 Å². The molecule has 0 aliphatic carbocycles. The van der Waals surface area contributed by atoms with E-state index in [4.69, 9.17) is 0 Å². The van der Waals surface area contributed by atoms with Crippen LogP contribution in [0.4, 0.5) is 23.0 Å². The second-order valence-electron chi connectivity index (χ2n) is 7.44. The third kappa shape index (κ3) is 5.37. The van der Waals surface area contributed by atoms with Crippen molar-refractivity contribution in [2.45, 2.75) is 6.10 Å². The average Bonchev–Trinajstić information content (AvgIpc) is 3.27. The lowest BCUT2D eigenvalue weighted by molar-refractivity contribution is 0.191. The van der Waals surface area contributed by atoms with Gasteiger partial charge in [-0.15, -0.1) is 0 Å². The van der Waals surface area contributed by atoms with E-state index in [1.165, 1.54) is 14.1 Å². The van der Waals surface area contributed by atoms with E-state index in [1.54, 1.807) is 30.3 Å². The fraction of sp³-hybridized carbons (Fsp3) is 0.190. The third-order valence-electron chi connectivity index (χ3n) is 4.85. The minimum absolute atomic E-state index is 0.226. The van der Waals surface area contributed by atoms with Crippen LogP contribution >= 0.6 is 0 Å². The molecule has 0 saturated carbocycles. The topological polar surface area (TPSA) is 148 Å². The van der Waals surface area contributed by atoms with Gasteiger partial charge in [0.1, 0.15) is 16.9 Å². The van der Waals surface area contributed by atoms with E-state index in [9.17, 15) is 13.5 Å². The van der Waals surface area contributed by atoms with Crippen molar-refractivity contribution in [1.29, 1.82) is 0 Å². The number of hydrogen-bond acceptors (Lipinski definition) is 8. The SMILES string of the molecule is CN(C)S(=O)(=O)Nc1ccc(NCC(O)c2ccccc2)nc1Nc1ccc2n[nH]nc2c1. The lowest BCUT2D eigenvalue weighted by atomic mass is 10.1. The highest BCUT2D eigenvalue weighted by Crippen LogP contribution is 2.28. The lowest BCUT2D eigenvalue weighted by Gasteiger charge is -2.18. The summed E-state index contributed by atoms with van der Waals surface area (Å²) in [6.45, 7) is 0.226. The third-order valence-corrected chi connectivity index (χ3v) is 6.29. The zero-order chi connectivity index (χ0) is 23.4. The molecule has 5 N–H and O–H groups in total. The first-order valence-corrected chi connectivity index (χ1v) is 11.5. The summed E-state index contributed by atoms with van der Waals surface area (Å²) in [5.74, 6) is 0.741. The summed E-state index contributed by atoms with van der Waals surface area (Å²) in [4.78, 5) is 4.52. The predicted octanol–water partition coefficient (Wildman–Crippen LogP) is 2.46. The fourth-order valence-corrected chi connectivity index (χ4v) is 3.64. The van der Waals surface area contributed by atoms with E-state index in [2.05, 4.69) is 35.8 Å². The molecule has 2 heterocycles. The van der Waals surface area contributed by atoms with Crippen molar-refractivity contribution in [2.75, 3.05) is 36.0 Å². The van der Waals surface area contributed by atoms with Crippen molar-refractivity contribution in [2.24, 2.45) is 0 Å². The Hall–Kier alpha value is -3.74. The molecule has 0 bridgehead atoms. The maximum Gasteiger partial charge on any atom is 0.301 e. The maximum absolute atomic E-state index is 12.4. The van der Waals surface area contributed by atoms with Crippen molar-refractivity contribution in [3.63, 3.8) is 0 Å². The number of aliphatic hydroxyl groups excluding tert-OH is 1. The monoisotopic (exact) mass is 468 g/mol. The number of hydrogen-bond donors (Lipinski definition) is 5. The molecule has 4 aromatic rings. The summed E-state index contributed by atoms with van der Waals surface area (Å²) in [6.07, 6.45) is -0.731. The van der Waals surface area contributed by atoms with Gasteiger partial charge in [0.2, 0.25) is 0 Å². The number of nitrogens with zero attached hydrogens (tertiary/aromatic N) is 4. The van der Waals surface area contributed by atoms with E-state index in [0.29, 0.717) is 22.5 Å². The normalized spacial score (nSPS) is 12.6. The molecule has 172 valence electrons. The largest absolute Gasteiger partial charge is 0.387 e. The van der Waals surface area contributed by atoms with Gasteiger partial charge in [0, 0.05) is 26.3 Å². The number of aromatic amines is 1. The standard InChI is InChI=1S/C21H24N8O3S/c1-29(2)33(31,32)27-17-10-11-20(22-13-19(30)14-6-4-3-5-7-14)24-21(17)23-15-8-9-16-18(12-15)26-28-25-16/h3-12,19,27,30H,13H2,1-2H3,(H2,22,23,24)(H,25,26,28). The first-order chi connectivity index (χ1) is 15.8. The number of fused-ring (bicyclic) bond motifs is 1. The summed E-state index contributed by atoms with van der Waals surface area (Å²) >= 11 is 0. The molecule has 0 radical (unpaired) electrons. The highest BCUT2D eigenvalue weighted by atomic mass is 32.2. The maximum atomic E-state index is 12.4. The molecule has 2 aromatic heterocycles. The van der Waals surface area contributed by atoms with Crippen LogP contribution in [0.25, 0.3) is 11.0 Å². The number of pyridine rings is 1. The van der Waals surface area contributed by atoms with Gasteiger partial charge in [-0.3, -0.25) is 4.72 Å². The number of H-pyrrole nitrogens is 1. The molecule has 0 fully saturated rings. The molecule has 0 saturated heterocycles. The van der Waals surface area contributed by atoms with Gasteiger partial charge in [0.15, 0.2) is 5.82 Å². The van der Waals surface area contributed by atoms with Crippen LogP contribution in [0.1, 0.15) is 11.7 Å². The second-order valence-corrected chi connectivity index (χ2v) is 9.33. The first-order valence-electron chi connectivity index (χ1n) is 10.1. The Morgan fingerprint density at radius 1 is 1.03 bits per heavy atom. The van der Waals surface area contributed by atoms with Crippen LogP contribution in [-0.2, 0) is 10.2 Å². The molecule has 0 amide bonds. The number of benzene rings is 2. The van der Waals surface area contributed by atoms with Gasteiger partial charge in [-0.2, -0.15) is 28.1 Å². The van der Waals surface area contributed by atoms with E-state index >= 15 is 0 Å². The number of rotatable bonds is 9. The Balaban J connectivity index is 1.59. The van der Waals surface area contributed by atoms with E-state index in [0.717, 1.165) is 9.87 Å².